The van der Waals surface area contributed by atoms with Crippen LogP contribution < -0.4 is 5.32 Å². The van der Waals surface area contributed by atoms with Crippen molar-refractivity contribution in [1.82, 2.24) is 4.98 Å². The van der Waals surface area contributed by atoms with Crippen molar-refractivity contribution in [3.05, 3.63) is 34.7 Å². The molecule has 0 bridgehead atoms. The molecule has 6 heteroatoms. The van der Waals surface area contributed by atoms with Crippen LogP contribution in [0, 0.1) is 12.8 Å². The molecule has 0 aliphatic carbocycles. The van der Waals surface area contributed by atoms with Gasteiger partial charge in [-0.2, -0.15) is 0 Å². The second kappa shape index (κ2) is 8.06. The average molecular weight is 346 g/mol. The Balaban J connectivity index is 2.32. The largest absolute Gasteiger partial charge is 0.481 e. The first-order valence-corrected chi connectivity index (χ1v) is 8.85. The Morgan fingerprint density at radius 3 is 2.38 bits per heavy atom. The summed E-state index contributed by atoms with van der Waals surface area (Å²) in [5, 5.41) is 12.4. The number of aliphatic carboxylic acids is 1. The minimum absolute atomic E-state index is 0.0559. The Labute approximate surface area is 145 Å². The lowest BCUT2D eigenvalue weighted by molar-refractivity contribution is -0.136. The number of carbonyl (C=O) groups is 2. The molecule has 2 aromatic rings. The van der Waals surface area contributed by atoms with Crippen LogP contribution in [0.1, 0.15) is 37.1 Å². The number of carboxylic acids is 1. The molecule has 1 heterocycles. The highest BCUT2D eigenvalue weighted by atomic mass is 32.1. The van der Waals surface area contributed by atoms with Crippen molar-refractivity contribution in [1.29, 1.82) is 0 Å². The third-order valence-corrected chi connectivity index (χ3v) is 4.89. The third-order valence-electron chi connectivity index (χ3n) is 3.92. The van der Waals surface area contributed by atoms with E-state index in [9.17, 15) is 9.59 Å². The van der Waals surface area contributed by atoms with E-state index >= 15 is 0 Å². The second-order valence-corrected chi connectivity index (χ2v) is 6.81. The molecule has 0 saturated heterocycles. The summed E-state index contributed by atoms with van der Waals surface area (Å²) in [6, 6.07) is 7.76. The molecule has 5 nitrogen and oxygen atoms in total. The monoisotopic (exact) mass is 346 g/mol. The Morgan fingerprint density at radius 2 is 1.83 bits per heavy atom. The number of anilines is 1. The predicted molar refractivity (Wildman–Crippen MR) is 96.3 cm³/mol. The number of aromatic nitrogens is 1. The highest BCUT2D eigenvalue weighted by Crippen LogP contribution is 2.32. The van der Waals surface area contributed by atoms with Crippen molar-refractivity contribution in [3.63, 3.8) is 0 Å². The van der Waals surface area contributed by atoms with Gasteiger partial charge in [-0.15, -0.1) is 11.3 Å². The SMILES string of the molecule is CCC(CC)C(=O)Nc1nc(-c2ccc(C)cc2)c(CC(=O)O)s1. The number of carbonyl (C=O) groups excluding carboxylic acids is 1. The molecule has 0 atom stereocenters. The van der Waals surface area contributed by atoms with E-state index in [1.54, 1.807) is 0 Å². The van der Waals surface area contributed by atoms with Crippen LogP contribution in [0.2, 0.25) is 0 Å². The summed E-state index contributed by atoms with van der Waals surface area (Å²) >= 11 is 1.23. The van der Waals surface area contributed by atoms with Gasteiger partial charge >= 0.3 is 5.97 Å². The Hall–Kier alpha value is -2.21. The quantitative estimate of drug-likeness (QED) is 0.790. The molecule has 1 aromatic heterocycles. The van der Waals surface area contributed by atoms with Crippen LogP contribution in [0.3, 0.4) is 0 Å². The van der Waals surface area contributed by atoms with E-state index in [2.05, 4.69) is 10.3 Å². The van der Waals surface area contributed by atoms with Crippen molar-refractivity contribution >= 4 is 28.3 Å². The molecular weight excluding hydrogens is 324 g/mol. The molecule has 0 spiro atoms. The van der Waals surface area contributed by atoms with E-state index in [0.29, 0.717) is 15.7 Å². The van der Waals surface area contributed by atoms with E-state index in [1.165, 1.54) is 11.3 Å². The van der Waals surface area contributed by atoms with Crippen molar-refractivity contribution in [3.8, 4) is 11.3 Å². The first kappa shape index (κ1) is 18.1. The molecule has 0 aliphatic rings. The highest BCUT2D eigenvalue weighted by molar-refractivity contribution is 7.16. The zero-order valence-electron chi connectivity index (χ0n) is 14.1. The molecule has 2 rings (SSSR count). The Kier molecular flexibility index (Phi) is 6.09. The summed E-state index contributed by atoms with van der Waals surface area (Å²) in [7, 11) is 0. The molecule has 2 N–H and O–H groups in total. The molecule has 128 valence electrons. The van der Waals surface area contributed by atoms with E-state index in [-0.39, 0.29) is 18.2 Å². The van der Waals surface area contributed by atoms with Gasteiger partial charge < -0.3 is 10.4 Å². The van der Waals surface area contributed by atoms with E-state index in [4.69, 9.17) is 5.11 Å². The van der Waals surface area contributed by atoms with Gasteiger partial charge in [0.1, 0.15) is 0 Å². The first-order valence-electron chi connectivity index (χ1n) is 8.04. The fourth-order valence-electron chi connectivity index (χ4n) is 2.47. The van der Waals surface area contributed by atoms with Gasteiger partial charge in [0.25, 0.3) is 0 Å². The number of amides is 1. The number of thiazole rings is 1. The molecule has 0 unspecified atom stereocenters. The van der Waals surface area contributed by atoms with Crippen molar-refractivity contribution in [2.75, 3.05) is 5.32 Å². The maximum absolute atomic E-state index is 12.2. The van der Waals surface area contributed by atoms with Gasteiger partial charge in [0.05, 0.1) is 12.1 Å². The first-order chi connectivity index (χ1) is 11.4. The molecule has 0 radical (unpaired) electrons. The topological polar surface area (TPSA) is 79.3 Å². The second-order valence-electron chi connectivity index (χ2n) is 5.73. The van der Waals surface area contributed by atoms with Crippen molar-refractivity contribution in [2.45, 2.75) is 40.0 Å². The molecule has 0 fully saturated rings. The van der Waals surface area contributed by atoms with Crippen LogP contribution in [-0.4, -0.2) is 22.0 Å². The van der Waals surface area contributed by atoms with Crippen LogP contribution in [0.4, 0.5) is 5.13 Å². The highest BCUT2D eigenvalue weighted by Gasteiger charge is 2.19. The molecule has 1 aromatic carbocycles. The average Bonchev–Trinajstić information content (AvgIpc) is 2.90. The molecular formula is C18H22N2O3S. The number of hydrogen-bond acceptors (Lipinski definition) is 4. The summed E-state index contributed by atoms with van der Waals surface area (Å²) in [6.45, 7) is 5.94. The maximum atomic E-state index is 12.2. The van der Waals surface area contributed by atoms with Gasteiger partial charge in [0.15, 0.2) is 5.13 Å². The zero-order chi connectivity index (χ0) is 17.7. The number of nitrogens with zero attached hydrogens (tertiary/aromatic N) is 1. The lowest BCUT2D eigenvalue weighted by Gasteiger charge is -2.10. The number of hydrogen-bond donors (Lipinski definition) is 2. The standard InChI is InChI=1S/C18H22N2O3S/c1-4-12(5-2)17(23)20-18-19-16(14(24-18)10-15(21)22)13-8-6-11(3)7-9-13/h6-9,12H,4-5,10H2,1-3H3,(H,21,22)(H,19,20,23). The lowest BCUT2D eigenvalue weighted by Crippen LogP contribution is -2.21. The fourth-order valence-corrected chi connectivity index (χ4v) is 3.44. The van der Waals surface area contributed by atoms with Gasteiger partial charge in [-0.05, 0) is 19.8 Å². The zero-order valence-corrected chi connectivity index (χ0v) is 14.9. The van der Waals surface area contributed by atoms with Gasteiger partial charge in [0.2, 0.25) is 5.91 Å². The van der Waals surface area contributed by atoms with Crippen molar-refractivity contribution in [2.24, 2.45) is 5.92 Å². The lowest BCUT2D eigenvalue weighted by atomic mass is 10.0. The number of rotatable bonds is 7. The summed E-state index contributed by atoms with van der Waals surface area (Å²) in [5.74, 6) is -1.03. The van der Waals surface area contributed by atoms with Gasteiger partial charge in [-0.25, -0.2) is 4.98 Å². The van der Waals surface area contributed by atoms with E-state index in [1.807, 2.05) is 45.0 Å². The summed E-state index contributed by atoms with van der Waals surface area (Å²) < 4.78 is 0. The van der Waals surface area contributed by atoms with Crippen molar-refractivity contribution < 1.29 is 14.7 Å². The molecule has 24 heavy (non-hydrogen) atoms. The van der Waals surface area contributed by atoms with E-state index in [0.717, 1.165) is 24.0 Å². The number of carboxylic acid groups (broad SMARTS) is 1. The van der Waals surface area contributed by atoms with Crippen LogP contribution >= 0.6 is 11.3 Å². The summed E-state index contributed by atoms with van der Waals surface area (Å²) in [5.41, 5.74) is 2.61. The van der Waals surface area contributed by atoms with Crippen LogP contribution in [-0.2, 0) is 16.0 Å². The van der Waals surface area contributed by atoms with Gasteiger partial charge in [0, 0.05) is 16.4 Å². The number of aryl methyl sites for hydroxylation is 1. The molecule has 0 aliphatic heterocycles. The Bertz CT molecular complexity index is 718. The van der Waals surface area contributed by atoms with E-state index < -0.39 is 5.97 Å². The Morgan fingerprint density at radius 1 is 1.21 bits per heavy atom. The minimum atomic E-state index is -0.912. The number of nitrogens with one attached hydrogen (secondary N) is 1. The van der Waals surface area contributed by atoms with Crippen LogP contribution in [0.25, 0.3) is 11.3 Å². The smallest absolute Gasteiger partial charge is 0.308 e. The summed E-state index contributed by atoms with van der Waals surface area (Å²) in [6.07, 6.45) is 1.42. The maximum Gasteiger partial charge on any atom is 0.308 e. The minimum Gasteiger partial charge on any atom is -0.481 e. The van der Waals surface area contributed by atoms with Crippen LogP contribution in [0.15, 0.2) is 24.3 Å². The normalized spacial score (nSPS) is 10.8. The third kappa shape index (κ3) is 4.41. The number of benzene rings is 1. The van der Waals surface area contributed by atoms with Crippen LogP contribution in [0.5, 0.6) is 0 Å². The van der Waals surface area contributed by atoms with Gasteiger partial charge in [-0.3, -0.25) is 9.59 Å². The molecule has 1 amide bonds. The predicted octanol–water partition coefficient (Wildman–Crippen LogP) is 4.12. The fraction of sp³-hybridized carbons (Fsp3) is 0.389. The summed E-state index contributed by atoms with van der Waals surface area (Å²) in [4.78, 5) is 28.5. The van der Waals surface area contributed by atoms with Gasteiger partial charge in [-0.1, -0.05) is 43.7 Å². The molecule has 0 saturated carbocycles.